The maximum atomic E-state index is 12.0. The molecular weight excluding hydrogens is 224 g/mol. The monoisotopic (exact) mass is 242 g/mol. The average molecular weight is 242 g/mol. The summed E-state index contributed by atoms with van der Waals surface area (Å²) in [6.07, 6.45) is 0.207. The van der Waals surface area contributed by atoms with Crippen molar-refractivity contribution < 1.29 is 19.1 Å². The van der Waals surface area contributed by atoms with Crippen molar-refractivity contribution in [1.82, 2.24) is 10.2 Å². The standard InChI is InChI=1S/C11H18N2O4/c1-3-13(7-10(15)17-4-2)11(16)8-5-9(14)12-6-8/h8H,3-7H2,1-2H3,(H,12,14). The second-order valence-corrected chi connectivity index (χ2v) is 3.86. The summed E-state index contributed by atoms with van der Waals surface area (Å²) in [4.78, 5) is 35.7. The lowest BCUT2D eigenvalue weighted by atomic mass is 10.1. The van der Waals surface area contributed by atoms with Crippen molar-refractivity contribution in [2.75, 3.05) is 26.2 Å². The van der Waals surface area contributed by atoms with E-state index in [9.17, 15) is 14.4 Å². The van der Waals surface area contributed by atoms with Crippen LogP contribution in [0.1, 0.15) is 20.3 Å². The van der Waals surface area contributed by atoms with E-state index in [4.69, 9.17) is 4.74 Å². The van der Waals surface area contributed by atoms with Crippen LogP contribution in [0.2, 0.25) is 0 Å². The van der Waals surface area contributed by atoms with Gasteiger partial charge in [-0.2, -0.15) is 0 Å². The van der Waals surface area contributed by atoms with Crippen LogP contribution in [0.25, 0.3) is 0 Å². The number of likely N-dealkylation sites (N-methyl/N-ethyl adjacent to an activating group) is 1. The van der Waals surface area contributed by atoms with Crippen LogP contribution >= 0.6 is 0 Å². The van der Waals surface area contributed by atoms with Crippen LogP contribution in [-0.2, 0) is 19.1 Å². The molecule has 0 aromatic heterocycles. The number of rotatable bonds is 5. The number of nitrogens with one attached hydrogen (secondary N) is 1. The van der Waals surface area contributed by atoms with E-state index in [2.05, 4.69) is 5.32 Å². The second kappa shape index (κ2) is 6.22. The minimum atomic E-state index is -0.417. The van der Waals surface area contributed by atoms with Gasteiger partial charge in [-0.25, -0.2) is 0 Å². The van der Waals surface area contributed by atoms with Crippen LogP contribution in [0.3, 0.4) is 0 Å². The van der Waals surface area contributed by atoms with Gasteiger partial charge in [0.05, 0.1) is 12.5 Å². The molecule has 1 saturated heterocycles. The maximum absolute atomic E-state index is 12.0. The van der Waals surface area contributed by atoms with Gasteiger partial charge >= 0.3 is 5.97 Å². The quantitative estimate of drug-likeness (QED) is 0.662. The third-order valence-electron chi connectivity index (χ3n) is 2.65. The first-order chi connectivity index (χ1) is 8.08. The molecule has 1 rings (SSSR count). The summed E-state index contributed by atoms with van der Waals surface area (Å²) in [5, 5.41) is 2.61. The van der Waals surface area contributed by atoms with Gasteiger partial charge in [0, 0.05) is 19.5 Å². The van der Waals surface area contributed by atoms with Gasteiger partial charge in [0.25, 0.3) is 0 Å². The highest BCUT2D eigenvalue weighted by Crippen LogP contribution is 2.12. The van der Waals surface area contributed by atoms with Gasteiger partial charge in [0.2, 0.25) is 11.8 Å². The number of esters is 1. The predicted octanol–water partition coefficient (Wildman–Crippen LogP) is -0.466. The van der Waals surface area contributed by atoms with Crippen molar-refractivity contribution >= 4 is 17.8 Å². The molecule has 0 spiro atoms. The molecule has 0 radical (unpaired) electrons. The zero-order valence-electron chi connectivity index (χ0n) is 10.2. The molecule has 0 bridgehead atoms. The Labute approximate surface area is 100 Å². The summed E-state index contributed by atoms with van der Waals surface area (Å²) >= 11 is 0. The molecule has 1 aliphatic heterocycles. The third kappa shape index (κ3) is 3.72. The molecule has 6 nitrogen and oxygen atoms in total. The van der Waals surface area contributed by atoms with Gasteiger partial charge in [-0.1, -0.05) is 0 Å². The first-order valence-corrected chi connectivity index (χ1v) is 5.79. The topological polar surface area (TPSA) is 75.7 Å². The van der Waals surface area contributed by atoms with E-state index < -0.39 is 5.97 Å². The fourth-order valence-corrected chi connectivity index (χ4v) is 1.75. The Kier molecular flexibility index (Phi) is 4.93. The molecule has 1 heterocycles. The SMILES string of the molecule is CCOC(=O)CN(CC)C(=O)C1CNC(=O)C1. The van der Waals surface area contributed by atoms with Gasteiger partial charge in [0.1, 0.15) is 6.54 Å². The Morgan fingerprint density at radius 1 is 1.47 bits per heavy atom. The van der Waals surface area contributed by atoms with Crippen molar-refractivity contribution in [2.45, 2.75) is 20.3 Å². The zero-order chi connectivity index (χ0) is 12.8. The molecule has 0 saturated carbocycles. The van der Waals surface area contributed by atoms with Gasteiger partial charge in [-0.3, -0.25) is 14.4 Å². The largest absolute Gasteiger partial charge is 0.465 e. The number of amides is 2. The molecule has 1 aliphatic rings. The van der Waals surface area contributed by atoms with E-state index in [-0.39, 0.29) is 30.7 Å². The summed E-state index contributed by atoms with van der Waals surface area (Å²) in [6.45, 7) is 4.55. The molecule has 17 heavy (non-hydrogen) atoms. The molecule has 0 aliphatic carbocycles. The molecule has 2 amide bonds. The van der Waals surface area contributed by atoms with Crippen molar-refractivity contribution in [1.29, 1.82) is 0 Å². The van der Waals surface area contributed by atoms with Gasteiger partial charge in [-0.15, -0.1) is 0 Å². The number of hydrogen-bond donors (Lipinski definition) is 1. The van der Waals surface area contributed by atoms with Gasteiger partial charge in [0.15, 0.2) is 0 Å². The Bertz CT molecular complexity index is 317. The minimum absolute atomic E-state index is 0.0478. The van der Waals surface area contributed by atoms with Crippen molar-refractivity contribution in [3.8, 4) is 0 Å². The van der Waals surface area contributed by atoms with Gasteiger partial charge < -0.3 is 15.0 Å². The van der Waals surface area contributed by atoms with Crippen molar-refractivity contribution in [3.63, 3.8) is 0 Å². The molecular formula is C11H18N2O4. The highest BCUT2D eigenvalue weighted by molar-refractivity contribution is 5.90. The number of carbonyl (C=O) groups excluding carboxylic acids is 3. The number of ether oxygens (including phenoxy) is 1. The summed E-state index contributed by atoms with van der Waals surface area (Å²) in [6, 6.07) is 0. The first kappa shape index (κ1) is 13.5. The highest BCUT2D eigenvalue weighted by atomic mass is 16.5. The molecule has 1 atom stereocenters. The summed E-state index contributed by atoms with van der Waals surface area (Å²) in [5.41, 5.74) is 0. The Morgan fingerprint density at radius 3 is 2.65 bits per heavy atom. The molecule has 1 N–H and O–H groups in total. The van der Waals surface area contributed by atoms with Crippen molar-refractivity contribution in [3.05, 3.63) is 0 Å². The summed E-state index contributed by atoms with van der Waals surface area (Å²) in [7, 11) is 0. The number of nitrogens with zero attached hydrogens (tertiary/aromatic N) is 1. The van der Waals surface area contributed by atoms with E-state index in [1.807, 2.05) is 0 Å². The second-order valence-electron chi connectivity index (χ2n) is 3.86. The lowest BCUT2D eigenvalue weighted by Crippen LogP contribution is -2.40. The average Bonchev–Trinajstić information content (AvgIpc) is 2.72. The first-order valence-electron chi connectivity index (χ1n) is 5.79. The van der Waals surface area contributed by atoms with Crippen molar-refractivity contribution in [2.24, 2.45) is 5.92 Å². The number of carbonyl (C=O) groups is 3. The van der Waals surface area contributed by atoms with Crippen LogP contribution in [0.15, 0.2) is 0 Å². The minimum Gasteiger partial charge on any atom is -0.465 e. The fraction of sp³-hybridized carbons (Fsp3) is 0.727. The Balaban J connectivity index is 2.52. The predicted molar refractivity (Wildman–Crippen MR) is 60.0 cm³/mol. The Morgan fingerprint density at radius 2 is 2.18 bits per heavy atom. The normalized spacial score (nSPS) is 18.7. The molecule has 0 aromatic rings. The van der Waals surface area contributed by atoms with E-state index in [0.29, 0.717) is 19.7 Å². The Hall–Kier alpha value is -1.59. The van der Waals surface area contributed by atoms with E-state index in [1.54, 1.807) is 13.8 Å². The molecule has 6 heteroatoms. The van der Waals surface area contributed by atoms with E-state index in [0.717, 1.165) is 0 Å². The van der Waals surface area contributed by atoms with Crippen LogP contribution in [0, 0.1) is 5.92 Å². The fourth-order valence-electron chi connectivity index (χ4n) is 1.75. The summed E-state index contributed by atoms with van der Waals surface area (Å²) in [5.74, 6) is -1.05. The number of hydrogen-bond acceptors (Lipinski definition) is 4. The van der Waals surface area contributed by atoms with Crippen LogP contribution in [-0.4, -0.2) is 48.9 Å². The molecule has 1 fully saturated rings. The maximum Gasteiger partial charge on any atom is 0.325 e. The van der Waals surface area contributed by atoms with Gasteiger partial charge in [-0.05, 0) is 13.8 Å². The highest BCUT2D eigenvalue weighted by Gasteiger charge is 2.31. The molecule has 96 valence electrons. The zero-order valence-corrected chi connectivity index (χ0v) is 10.2. The smallest absolute Gasteiger partial charge is 0.325 e. The lowest BCUT2D eigenvalue weighted by Gasteiger charge is -2.22. The summed E-state index contributed by atoms with van der Waals surface area (Å²) < 4.78 is 4.79. The van der Waals surface area contributed by atoms with Crippen LogP contribution in [0.4, 0.5) is 0 Å². The van der Waals surface area contributed by atoms with E-state index >= 15 is 0 Å². The molecule has 1 unspecified atom stereocenters. The molecule has 0 aromatic carbocycles. The van der Waals surface area contributed by atoms with E-state index in [1.165, 1.54) is 4.90 Å². The lowest BCUT2D eigenvalue weighted by molar-refractivity contribution is -0.150. The van der Waals surface area contributed by atoms with Crippen LogP contribution in [0.5, 0.6) is 0 Å². The third-order valence-corrected chi connectivity index (χ3v) is 2.65. The van der Waals surface area contributed by atoms with Crippen LogP contribution < -0.4 is 5.32 Å².